The molecule has 1 heterocycles. The van der Waals surface area contributed by atoms with Gasteiger partial charge in [0.1, 0.15) is 11.6 Å². The van der Waals surface area contributed by atoms with Crippen LogP contribution in [0.5, 0.6) is 11.5 Å². The van der Waals surface area contributed by atoms with Gasteiger partial charge in [0.2, 0.25) is 0 Å². The highest BCUT2D eigenvalue weighted by molar-refractivity contribution is 6.30. The molecule has 5 aromatic rings. The minimum Gasteiger partial charge on any atom is -0.453 e. The van der Waals surface area contributed by atoms with E-state index in [9.17, 15) is 14.0 Å². The monoisotopic (exact) mass is 580 g/mol. The number of rotatable bonds is 8. The van der Waals surface area contributed by atoms with Crippen LogP contribution in [0.15, 0.2) is 102 Å². The molecule has 210 valence electrons. The maximum absolute atomic E-state index is 13.8. The molecule has 1 aromatic heterocycles. The Kier molecular flexibility index (Phi) is 7.70. The van der Waals surface area contributed by atoms with Crippen LogP contribution in [0.3, 0.4) is 0 Å². The maximum Gasteiger partial charge on any atom is 0.299 e. The summed E-state index contributed by atoms with van der Waals surface area (Å²) in [4.78, 5) is 26.7. The molecule has 1 amide bonds. The number of nitrogens with one attached hydrogen (secondary N) is 2. The minimum atomic E-state index is -0.456. The van der Waals surface area contributed by atoms with Gasteiger partial charge >= 0.3 is 0 Å². The fraction of sp³-hybridized carbons (Fsp3) is 0.121. The predicted molar refractivity (Wildman–Crippen MR) is 161 cm³/mol. The third-order valence-corrected chi connectivity index (χ3v) is 7.29. The lowest BCUT2D eigenvalue weighted by Crippen LogP contribution is -2.24. The topological polar surface area (TPSA) is 85.2 Å². The van der Waals surface area contributed by atoms with Crippen LogP contribution in [0, 0.1) is 5.82 Å². The predicted octanol–water partition coefficient (Wildman–Crippen LogP) is 6.98. The van der Waals surface area contributed by atoms with Crippen LogP contribution in [0.25, 0.3) is 5.69 Å². The van der Waals surface area contributed by atoms with Gasteiger partial charge in [-0.2, -0.15) is 9.78 Å². The summed E-state index contributed by atoms with van der Waals surface area (Å²) in [5.41, 5.74) is 4.39. The van der Waals surface area contributed by atoms with Crippen molar-refractivity contribution in [2.45, 2.75) is 25.8 Å². The fourth-order valence-corrected chi connectivity index (χ4v) is 5.12. The van der Waals surface area contributed by atoms with E-state index in [1.54, 1.807) is 60.7 Å². The van der Waals surface area contributed by atoms with Crippen LogP contribution in [0.1, 0.15) is 33.5 Å². The van der Waals surface area contributed by atoms with E-state index in [0.717, 1.165) is 24.8 Å². The maximum atomic E-state index is 13.8. The second-order valence-corrected chi connectivity index (χ2v) is 10.4. The molecule has 0 aliphatic heterocycles. The molecule has 9 heteroatoms. The first-order valence-electron chi connectivity index (χ1n) is 13.5. The summed E-state index contributed by atoms with van der Waals surface area (Å²) in [6.45, 7) is 0.240. The number of fused-ring (bicyclic) bond motifs is 1. The van der Waals surface area contributed by atoms with Gasteiger partial charge in [-0.15, -0.1) is 0 Å². The van der Waals surface area contributed by atoms with Gasteiger partial charge in [0.05, 0.1) is 11.9 Å². The largest absolute Gasteiger partial charge is 0.453 e. The van der Waals surface area contributed by atoms with Gasteiger partial charge in [-0.25, -0.2) is 4.39 Å². The highest BCUT2D eigenvalue weighted by atomic mass is 35.5. The average Bonchev–Trinajstić information content (AvgIpc) is 3.47. The van der Waals surface area contributed by atoms with Crippen molar-refractivity contribution in [1.29, 1.82) is 0 Å². The lowest BCUT2D eigenvalue weighted by molar-refractivity contribution is 0.0951. The third-order valence-electron chi connectivity index (χ3n) is 7.05. The van der Waals surface area contributed by atoms with Crippen molar-refractivity contribution in [1.82, 2.24) is 15.1 Å². The van der Waals surface area contributed by atoms with E-state index < -0.39 is 5.56 Å². The number of hydrogen-bond donors (Lipinski definition) is 2. The zero-order valence-corrected chi connectivity index (χ0v) is 23.2. The number of halogens is 2. The number of nitrogens with zero attached hydrogens (tertiary/aromatic N) is 2. The summed E-state index contributed by atoms with van der Waals surface area (Å²) in [6, 6.07) is 25.5. The van der Waals surface area contributed by atoms with Gasteiger partial charge in [0.15, 0.2) is 11.4 Å². The van der Waals surface area contributed by atoms with Gasteiger partial charge in [-0.1, -0.05) is 41.9 Å². The quantitative estimate of drug-likeness (QED) is 0.207. The molecule has 0 bridgehead atoms. The van der Waals surface area contributed by atoms with Crippen molar-refractivity contribution < 1.29 is 13.9 Å². The second-order valence-electron chi connectivity index (χ2n) is 9.98. The highest BCUT2D eigenvalue weighted by Crippen LogP contribution is 2.32. The molecule has 6 rings (SSSR count). The standard InChI is InChI=1S/C33H26ClFN4O3/c34-25-7-3-9-28(18-25)39-33(41)31(30(20-37-39)42-29-15-12-22-4-1-5-23(22)17-29)38-27-8-2-6-24(16-27)32(40)36-19-21-10-13-26(35)14-11-21/h2-3,6-18,20,38H,1,4-5,19H2,(H,36,40). The smallest absolute Gasteiger partial charge is 0.299 e. The van der Waals surface area contributed by atoms with Gasteiger partial charge in [-0.3, -0.25) is 9.59 Å². The first-order valence-corrected chi connectivity index (χ1v) is 13.9. The number of hydrogen-bond acceptors (Lipinski definition) is 5. The molecule has 0 atom stereocenters. The molecule has 42 heavy (non-hydrogen) atoms. The second kappa shape index (κ2) is 11.9. The highest BCUT2D eigenvalue weighted by Gasteiger charge is 2.18. The number of carbonyl (C=O) groups excluding carboxylic acids is 1. The van der Waals surface area contributed by atoms with Crippen molar-refractivity contribution in [3.63, 3.8) is 0 Å². The summed E-state index contributed by atoms with van der Waals surface area (Å²) >= 11 is 6.18. The number of benzene rings is 4. The Hall–Kier alpha value is -4.95. The average molecular weight is 581 g/mol. The van der Waals surface area contributed by atoms with E-state index in [1.165, 1.54) is 34.1 Å². The molecule has 1 aliphatic rings. The summed E-state index contributed by atoms with van der Waals surface area (Å²) in [5, 5.41) is 10.8. The first-order chi connectivity index (χ1) is 20.4. The lowest BCUT2D eigenvalue weighted by Gasteiger charge is -2.15. The van der Waals surface area contributed by atoms with Gasteiger partial charge < -0.3 is 15.4 Å². The molecule has 0 spiro atoms. The number of aryl methyl sites for hydroxylation is 2. The van der Waals surface area contributed by atoms with Gasteiger partial charge in [-0.05, 0) is 96.6 Å². The van der Waals surface area contributed by atoms with E-state index in [0.29, 0.717) is 27.7 Å². The SMILES string of the molecule is O=C(NCc1ccc(F)cc1)c1cccc(Nc2c(Oc3ccc4c(c3)CCC4)cnn(-c3cccc(Cl)c3)c2=O)c1. The molecule has 4 aromatic carbocycles. The van der Waals surface area contributed by atoms with Crippen molar-refractivity contribution in [2.75, 3.05) is 5.32 Å². The first kappa shape index (κ1) is 27.2. The zero-order chi connectivity index (χ0) is 29.1. The van der Waals surface area contributed by atoms with Crippen LogP contribution >= 0.6 is 11.6 Å². The van der Waals surface area contributed by atoms with E-state index in [1.807, 2.05) is 12.1 Å². The van der Waals surface area contributed by atoms with Crippen LogP contribution < -0.4 is 20.9 Å². The van der Waals surface area contributed by atoms with Crippen LogP contribution in [0.4, 0.5) is 15.8 Å². The molecule has 0 saturated carbocycles. The summed E-state index contributed by atoms with van der Waals surface area (Å²) in [7, 11) is 0. The third kappa shape index (κ3) is 6.04. The van der Waals surface area contributed by atoms with Crippen molar-refractivity contribution >= 4 is 28.9 Å². The number of aromatic nitrogens is 2. The number of amides is 1. The Bertz CT molecular complexity index is 1840. The molecule has 2 N–H and O–H groups in total. The van der Waals surface area contributed by atoms with Crippen LogP contribution in [0.2, 0.25) is 5.02 Å². The van der Waals surface area contributed by atoms with E-state index >= 15 is 0 Å². The molecule has 0 fully saturated rings. The van der Waals surface area contributed by atoms with Gasteiger partial charge in [0.25, 0.3) is 11.5 Å². The molecule has 0 saturated heterocycles. The Balaban J connectivity index is 1.31. The summed E-state index contributed by atoms with van der Waals surface area (Å²) < 4.78 is 20.7. The number of carbonyl (C=O) groups is 1. The Morgan fingerprint density at radius 1 is 0.952 bits per heavy atom. The Morgan fingerprint density at radius 3 is 2.60 bits per heavy atom. The summed E-state index contributed by atoms with van der Waals surface area (Å²) in [6.07, 6.45) is 4.63. The number of ether oxygens (including phenoxy) is 1. The lowest BCUT2D eigenvalue weighted by atomic mass is 10.1. The van der Waals surface area contributed by atoms with Crippen LogP contribution in [-0.4, -0.2) is 15.7 Å². The minimum absolute atomic E-state index is 0.148. The Labute approximate surface area is 246 Å². The molecule has 0 radical (unpaired) electrons. The normalized spacial score (nSPS) is 12.0. The van der Waals surface area contributed by atoms with E-state index in [-0.39, 0.29) is 29.7 Å². The number of anilines is 2. The van der Waals surface area contributed by atoms with Crippen molar-refractivity contribution in [2.24, 2.45) is 0 Å². The zero-order valence-electron chi connectivity index (χ0n) is 22.4. The van der Waals surface area contributed by atoms with Crippen molar-refractivity contribution in [3.8, 4) is 17.2 Å². The van der Waals surface area contributed by atoms with E-state index in [2.05, 4.69) is 21.8 Å². The molecule has 0 unspecified atom stereocenters. The van der Waals surface area contributed by atoms with Gasteiger partial charge in [0, 0.05) is 22.8 Å². The molecule has 7 nitrogen and oxygen atoms in total. The molecular weight excluding hydrogens is 555 g/mol. The van der Waals surface area contributed by atoms with Crippen LogP contribution in [-0.2, 0) is 19.4 Å². The molecular formula is C33H26ClFN4O3. The summed E-state index contributed by atoms with van der Waals surface area (Å²) in [5.74, 6) is 0.189. The Morgan fingerprint density at radius 2 is 1.76 bits per heavy atom. The van der Waals surface area contributed by atoms with E-state index in [4.69, 9.17) is 16.3 Å². The molecule has 1 aliphatic carbocycles. The fourth-order valence-electron chi connectivity index (χ4n) is 4.93. The van der Waals surface area contributed by atoms with Crippen molar-refractivity contribution in [3.05, 3.63) is 141 Å².